The summed E-state index contributed by atoms with van der Waals surface area (Å²) in [6, 6.07) is -1.98. The number of methoxy groups -OCH3 is 1. The van der Waals surface area contributed by atoms with E-state index in [-0.39, 0.29) is 18.9 Å². The van der Waals surface area contributed by atoms with Crippen LogP contribution in [-0.2, 0) is 14.3 Å². The Labute approximate surface area is 117 Å². The predicted molar refractivity (Wildman–Crippen MR) is 70.5 cm³/mol. The van der Waals surface area contributed by atoms with E-state index in [2.05, 4.69) is 5.32 Å². The minimum absolute atomic E-state index is 0.160. The molecule has 0 aliphatic heterocycles. The van der Waals surface area contributed by atoms with Gasteiger partial charge in [-0.05, 0) is 20.3 Å². The number of nitrogens with zero attached hydrogens (tertiary/aromatic N) is 1. The summed E-state index contributed by atoms with van der Waals surface area (Å²) in [4.78, 5) is 34.9. The first-order chi connectivity index (χ1) is 9.33. The van der Waals surface area contributed by atoms with Gasteiger partial charge in [-0.1, -0.05) is 0 Å². The molecule has 0 spiro atoms. The lowest BCUT2D eigenvalue weighted by Crippen LogP contribution is -2.51. The van der Waals surface area contributed by atoms with Crippen molar-refractivity contribution in [3.8, 4) is 0 Å². The number of carboxylic acid groups (broad SMARTS) is 2. The lowest BCUT2D eigenvalue weighted by molar-refractivity contribution is -0.140. The summed E-state index contributed by atoms with van der Waals surface area (Å²) >= 11 is 0. The first-order valence-corrected chi connectivity index (χ1v) is 6.34. The monoisotopic (exact) mass is 290 g/mol. The quantitative estimate of drug-likeness (QED) is 0.565. The molecular formula is C12H22N2O6. The molecule has 0 aromatic rings. The van der Waals surface area contributed by atoms with E-state index in [9.17, 15) is 14.4 Å². The van der Waals surface area contributed by atoms with E-state index in [4.69, 9.17) is 14.9 Å². The number of hydrogen-bond acceptors (Lipinski definition) is 4. The van der Waals surface area contributed by atoms with Crippen LogP contribution in [0.5, 0.6) is 0 Å². The van der Waals surface area contributed by atoms with Crippen molar-refractivity contribution in [3.63, 3.8) is 0 Å². The number of ether oxygens (including phenoxy) is 1. The minimum Gasteiger partial charge on any atom is -0.481 e. The third kappa shape index (κ3) is 6.37. The number of carboxylic acids is 2. The molecule has 0 aliphatic carbocycles. The maximum atomic E-state index is 12.0. The van der Waals surface area contributed by atoms with Crippen LogP contribution in [0.1, 0.15) is 26.7 Å². The van der Waals surface area contributed by atoms with Crippen molar-refractivity contribution in [2.75, 3.05) is 20.3 Å². The van der Waals surface area contributed by atoms with E-state index in [0.29, 0.717) is 13.2 Å². The van der Waals surface area contributed by atoms with Gasteiger partial charge in [0.15, 0.2) is 0 Å². The number of likely N-dealkylation sites (N-methyl/N-ethyl adjacent to an activating group) is 1. The van der Waals surface area contributed by atoms with Crippen molar-refractivity contribution in [3.05, 3.63) is 0 Å². The van der Waals surface area contributed by atoms with Gasteiger partial charge < -0.3 is 25.2 Å². The Hall–Kier alpha value is -1.83. The Bertz CT molecular complexity index is 347. The van der Waals surface area contributed by atoms with Gasteiger partial charge in [0.2, 0.25) is 0 Å². The van der Waals surface area contributed by atoms with Gasteiger partial charge in [0.1, 0.15) is 6.04 Å². The van der Waals surface area contributed by atoms with Gasteiger partial charge in [-0.2, -0.15) is 0 Å². The second kappa shape index (κ2) is 9.13. The Morgan fingerprint density at radius 3 is 2.30 bits per heavy atom. The summed E-state index contributed by atoms with van der Waals surface area (Å²) in [7, 11) is 1.51. The molecule has 8 heteroatoms. The zero-order chi connectivity index (χ0) is 15.7. The number of rotatable bonds is 9. The summed E-state index contributed by atoms with van der Waals surface area (Å²) in [6.45, 7) is 4.26. The highest BCUT2D eigenvalue weighted by atomic mass is 16.5. The van der Waals surface area contributed by atoms with Crippen molar-refractivity contribution >= 4 is 18.0 Å². The summed E-state index contributed by atoms with van der Waals surface area (Å²) in [5.41, 5.74) is 0. The molecular weight excluding hydrogens is 268 g/mol. The van der Waals surface area contributed by atoms with E-state index in [1.165, 1.54) is 12.0 Å². The summed E-state index contributed by atoms with van der Waals surface area (Å²) in [5, 5.41) is 19.9. The van der Waals surface area contributed by atoms with Gasteiger partial charge in [-0.3, -0.25) is 4.79 Å². The topological polar surface area (TPSA) is 116 Å². The molecule has 0 saturated heterocycles. The van der Waals surface area contributed by atoms with Gasteiger partial charge in [0.05, 0.1) is 12.6 Å². The van der Waals surface area contributed by atoms with E-state index in [1.54, 1.807) is 13.8 Å². The Morgan fingerprint density at radius 1 is 1.30 bits per heavy atom. The SMILES string of the molecule is CCN(C(=O)NC(CCC(=O)O)C(=O)O)C(C)COC. The summed E-state index contributed by atoms with van der Waals surface area (Å²) in [5.74, 6) is -2.36. The van der Waals surface area contributed by atoms with Crippen molar-refractivity contribution in [1.29, 1.82) is 0 Å². The molecule has 0 rings (SSSR count). The first kappa shape index (κ1) is 18.2. The van der Waals surface area contributed by atoms with Gasteiger partial charge >= 0.3 is 18.0 Å². The molecule has 0 fully saturated rings. The lowest BCUT2D eigenvalue weighted by Gasteiger charge is -2.29. The fraction of sp³-hybridized carbons (Fsp3) is 0.750. The Balaban J connectivity index is 4.63. The van der Waals surface area contributed by atoms with Crippen molar-refractivity contribution < 1.29 is 29.3 Å². The molecule has 0 aliphatic rings. The van der Waals surface area contributed by atoms with E-state index < -0.39 is 24.0 Å². The van der Waals surface area contributed by atoms with Crippen LogP contribution in [0.3, 0.4) is 0 Å². The van der Waals surface area contributed by atoms with Gasteiger partial charge in [0.25, 0.3) is 0 Å². The fourth-order valence-electron chi connectivity index (χ4n) is 1.74. The smallest absolute Gasteiger partial charge is 0.326 e. The maximum Gasteiger partial charge on any atom is 0.326 e. The number of carbonyl (C=O) groups is 3. The molecule has 0 heterocycles. The number of carbonyl (C=O) groups excluding carboxylic acids is 1. The highest BCUT2D eigenvalue weighted by Gasteiger charge is 2.25. The van der Waals surface area contributed by atoms with Gasteiger partial charge in [0, 0.05) is 20.1 Å². The van der Waals surface area contributed by atoms with E-state index >= 15 is 0 Å². The highest BCUT2D eigenvalue weighted by molar-refractivity contribution is 5.83. The third-order valence-corrected chi connectivity index (χ3v) is 2.78. The predicted octanol–water partition coefficient (Wildman–Crippen LogP) is 0.371. The van der Waals surface area contributed by atoms with Crippen LogP contribution in [0.4, 0.5) is 4.79 Å². The van der Waals surface area contributed by atoms with Crippen molar-refractivity contribution in [2.45, 2.75) is 38.8 Å². The molecule has 0 radical (unpaired) electrons. The standard InChI is InChI=1S/C12H22N2O6/c1-4-14(8(2)7-20-3)12(19)13-9(11(17)18)5-6-10(15)16/h8-9H,4-7H2,1-3H3,(H,13,19)(H,15,16)(H,17,18). The Morgan fingerprint density at radius 2 is 1.90 bits per heavy atom. The van der Waals surface area contributed by atoms with Crippen LogP contribution in [0, 0.1) is 0 Å². The second-order valence-corrected chi connectivity index (χ2v) is 4.36. The third-order valence-electron chi connectivity index (χ3n) is 2.78. The van der Waals surface area contributed by atoms with Crippen LogP contribution in [-0.4, -0.2) is 65.4 Å². The number of urea groups is 1. The number of hydrogen-bond donors (Lipinski definition) is 3. The molecule has 0 saturated carbocycles. The molecule has 0 bridgehead atoms. The first-order valence-electron chi connectivity index (χ1n) is 6.34. The maximum absolute atomic E-state index is 12.0. The normalized spacial score (nSPS) is 13.3. The molecule has 2 amide bonds. The van der Waals surface area contributed by atoms with Crippen LogP contribution in [0.2, 0.25) is 0 Å². The minimum atomic E-state index is -1.25. The number of amides is 2. The largest absolute Gasteiger partial charge is 0.481 e. The average molecular weight is 290 g/mol. The van der Waals surface area contributed by atoms with Gasteiger partial charge in [-0.15, -0.1) is 0 Å². The summed E-state index contributed by atoms with van der Waals surface area (Å²) < 4.78 is 4.95. The molecule has 8 nitrogen and oxygen atoms in total. The van der Waals surface area contributed by atoms with E-state index in [1.807, 2.05) is 0 Å². The summed E-state index contributed by atoms with van der Waals surface area (Å²) in [6.07, 6.45) is -0.483. The molecule has 3 N–H and O–H groups in total. The van der Waals surface area contributed by atoms with Crippen molar-refractivity contribution in [2.24, 2.45) is 0 Å². The molecule has 0 aromatic carbocycles. The Kier molecular flexibility index (Phi) is 8.30. The van der Waals surface area contributed by atoms with Gasteiger partial charge in [-0.25, -0.2) is 9.59 Å². The van der Waals surface area contributed by atoms with Crippen LogP contribution < -0.4 is 5.32 Å². The molecule has 0 aromatic heterocycles. The van der Waals surface area contributed by atoms with Crippen LogP contribution in [0.25, 0.3) is 0 Å². The van der Waals surface area contributed by atoms with Crippen LogP contribution in [0.15, 0.2) is 0 Å². The molecule has 20 heavy (non-hydrogen) atoms. The molecule has 2 atom stereocenters. The number of nitrogens with one attached hydrogen (secondary N) is 1. The zero-order valence-electron chi connectivity index (χ0n) is 12.0. The zero-order valence-corrected chi connectivity index (χ0v) is 12.0. The van der Waals surface area contributed by atoms with Crippen molar-refractivity contribution in [1.82, 2.24) is 10.2 Å². The van der Waals surface area contributed by atoms with E-state index in [0.717, 1.165) is 0 Å². The molecule has 116 valence electrons. The number of aliphatic carboxylic acids is 2. The average Bonchev–Trinajstić information content (AvgIpc) is 2.34. The molecule has 2 unspecified atom stereocenters. The second-order valence-electron chi connectivity index (χ2n) is 4.36. The fourth-order valence-corrected chi connectivity index (χ4v) is 1.74. The highest BCUT2D eigenvalue weighted by Crippen LogP contribution is 2.04. The lowest BCUT2D eigenvalue weighted by atomic mass is 10.1. The van der Waals surface area contributed by atoms with Crippen LogP contribution >= 0.6 is 0 Å².